The first-order valence-electron chi connectivity index (χ1n) is 7.50. The molecule has 1 saturated carbocycles. The molecule has 1 aromatic carbocycles. The highest BCUT2D eigenvalue weighted by molar-refractivity contribution is 6.00. The number of aromatic nitrogens is 2. The number of carbonyl (C=O) groups excluding carboxylic acids is 1. The van der Waals surface area contributed by atoms with Gasteiger partial charge in [-0.3, -0.25) is 4.68 Å². The van der Waals surface area contributed by atoms with E-state index in [0.29, 0.717) is 17.3 Å². The van der Waals surface area contributed by atoms with E-state index in [1.165, 1.54) is 39.2 Å². The monoisotopic (exact) mass is 305 g/mol. The van der Waals surface area contributed by atoms with Crippen molar-refractivity contribution in [2.75, 3.05) is 20.0 Å². The van der Waals surface area contributed by atoms with E-state index < -0.39 is 5.97 Å². The van der Waals surface area contributed by atoms with Crippen molar-refractivity contribution in [2.45, 2.75) is 38.1 Å². The highest BCUT2D eigenvalue weighted by Gasteiger charge is 2.18. The Bertz CT molecular complexity index is 645. The van der Waals surface area contributed by atoms with Crippen molar-refractivity contribution in [1.82, 2.24) is 9.78 Å². The Morgan fingerprint density at radius 3 is 2.64 bits per heavy atom. The van der Waals surface area contributed by atoms with E-state index in [1.807, 2.05) is 10.9 Å². The lowest BCUT2D eigenvalue weighted by atomic mass is 9.96. The van der Waals surface area contributed by atoms with Crippen LogP contribution in [0.1, 0.15) is 48.5 Å². The molecule has 1 heterocycles. The van der Waals surface area contributed by atoms with Crippen molar-refractivity contribution in [3.05, 3.63) is 23.9 Å². The summed E-state index contributed by atoms with van der Waals surface area (Å²) in [6.45, 7) is 0. The summed E-state index contributed by atoms with van der Waals surface area (Å²) in [5.41, 5.74) is 7.53. The molecule has 1 fully saturated rings. The summed E-state index contributed by atoms with van der Waals surface area (Å²) in [6, 6.07) is 3.99. The fraction of sp³-hybridized carbons (Fsp3) is 0.500. The molecule has 0 amide bonds. The van der Waals surface area contributed by atoms with Gasteiger partial charge in [0.15, 0.2) is 0 Å². The van der Waals surface area contributed by atoms with Crippen LogP contribution in [0.15, 0.2) is 18.3 Å². The molecule has 22 heavy (non-hydrogen) atoms. The molecule has 0 spiro atoms. The quantitative estimate of drug-likeness (QED) is 0.657. The van der Waals surface area contributed by atoms with Gasteiger partial charge in [0.25, 0.3) is 0 Å². The Morgan fingerprint density at radius 2 is 2.00 bits per heavy atom. The lowest BCUT2D eigenvalue weighted by Crippen LogP contribution is -2.12. The number of nitrogen functional groups attached to an aromatic ring is 1. The number of esters is 1. The van der Waals surface area contributed by atoms with E-state index in [0.717, 1.165) is 18.0 Å². The minimum absolute atomic E-state index is 0.383. The van der Waals surface area contributed by atoms with Gasteiger partial charge in [0, 0.05) is 24.4 Å². The predicted octanol–water partition coefficient (Wildman–Crippen LogP) is 2.52. The third kappa shape index (κ3) is 3.22. The van der Waals surface area contributed by atoms with Gasteiger partial charge in [-0.1, -0.05) is 19.3 Å². The lowest BCUT2D eigenvalue weighted by molar-refractivity contribution is 0.0602. The number of nitrogens with zero attached hydrogens (tertiary/aromatic N) is 2. The second-order valence-corrected chi connectivity index (χ2v) is 5.39. The average Bonchev–Trinajstić information content (AvgIpc) is 2.99. The van der Waals surface area contributed by atoms with Gasteiger partial charge < -0.3 is 15.6 Å². The zero-order valence-corrected chi connectivity index (χ0v) is 13.1. The number of benzene rings is 1. The van der Waals surface area contributed by atoms with Crippen LogP contribution < -0.4 is 5.73 Å². The second kappa shape index (κ2) is 7.26. The Hall–Kier alpha value is -2.08. The molecule has 1 aliphatic carbocycles. The van der Waals surface area contributed by atoms with Crippen molar-refractivity contribution >= 4 is 22.6 Å². The molecule has 120 valence electrons. The van der Waals surface area contributed by atoms with Crippen molar-refractivity contribution < 1.29 is 14.6 Å². The number of anilines is 1. The molecule has 3 rings (SSSR count). The standard InChI is InChI=1S/C15H19N3O2.CH4O/c1-20-15(19)12-8-14-10(7-13(12)16)9-18(17-14)11-5-3-2-4-6-11;1-2/h7-9,11H,2-6,16H2,1H3;2H,1H3. The van der Waals surface area contributed by atoms with Crippen LogP contribution in [0.25, 0.3) is 10.9 Å². The highest BCUT2D eigenvalue weighted by Crippen LogP contribution is 2.30. The molecule has 0 saturated heterocycles. The molecule has 3 N–H and O–H groups in total. The third-order valence-electron chi connectivity index (χ3n) is 4.05. The maximum absolute atomic E-state index is 11.6. The van der Waals surface area contributed by atoms with Crippen LogP contribution in [0.5, 0.6) is 0 Å². The number of rotatable bonds is 2. The summed E-state index contributed by atoms with van der Waals surface area (Å²) in [6.07, 6.45) is 8.22. The smallest absolute Gasteiger partial charge is 0.340 e. The molecule has 6 nitrogen and oxygen atoms in total. The van der Waals surface area contributed by atoms with Crippen LogP contribution in [0.4, 0.5) is 5.69 Å². The summed E-state index contributed by atoms with van der Waals surface area (Å²) in [7, 11) is 2.35. The van der Waals surface area contributed by atoms with Gasteiger partial charge >= 0.3 is 5.97 Å². The molecule has 6 heteroatoms. The highest BCUT2D eigenvalue weighted by atomic mass is 16.5. The first-order valence-corrected chi connectivity index (χ1v) is 7.50. The van der Waals surface area contributed by atoms with E-state index in [9.17, 15) is 4.79 Å². The Labute approximate surface area is 129 Å². The Balaban J connectivity index is 0.000000847. The summed E-state index contributed by atoms with van der Waals surface area (Å²) in [4.78, 5) is 11.6. The van der Waals surface area contributed by atoms with E-state index in [1.54, 1.807) is 12.1 Å². The lowest BCUT2D eigenvalue weighted by Gasteiger charge is -2.21. The minimum Gasteiger partial charge on any atom is -0.465 e. The van der Waals surface area contributed by atoms with Crippen molar-refractivity contribution in [3.8, 4) is 0 Å². The number of carbonyl (C=O) groups is 1. The first kappa shape index (κ1) is 16.3. The van der Waals surface area contributed by atoms with Crippen LogP contribution in [-0.4, -0.2) is 35.1 Å². The third-order valence-corrected chi connectivity index (χ3v) is 4.05. The summed E-state index contributed by atoms with van der Waals surface area (Å²) >= 11 is 0. The maximum atomic E-state index is 11.6. The number of aliphatic hydroxyl groups is 1. The normalized spacial score (nSPS) is 15.2. The molecular weight excluding hydrogens is 282 g/mol. The molecule has 0 bridgehead atoms. The Kier molecular flexibility index (Phi) is 5.38. The number of fused-ring (bicyclic) bond motifs is 1. The number of hydrogen-bond acceptors (Lipinski definition) is 5. The van der Waals surface area contributed by atoms with Crippen molar-refractivity contribution in [3.63, 3.8) is 0 Å². The van der Waals surface area contributed by atoms with Gasteiger partial charge in [0.2, 0.25) is 0 Å². The van der Waals surface area contributed by atoms with Crippen LogP contribution in [0, 0.1) is 0 Å². The zero-order chi connectivity index (χ0) is 16.1. The average molecular weight is 305 g/mol. The van der Waals surface area contributed by atoms with E-state index in [4.69, 9.17) is 15.6 Å². The van der Waals surface area contributed by atoms with Gasteiger partial charge in [-0.25, -0.2) is 4.79 Å². The largest absolute Gasteiger partial charge is 0.465 e. The number of methoxy groups -OCH3 is 1. The summed E-state index contributed by atoms with van der Waals surface area (Å²) < 4.78 is 6.77. The molecule has 0 radical (unpaired) electrons. The number of aliphatic hydroxyl groups excluding tert-OH is 1. The molecule has 2 aromatic rings. The zero-order valence-electron chi connectivity index (χ0n) is 13.1. The van der Waals surface area contributed by atoms with E-state index >= 15 is 0 Å². The fourth-order valence-corrected chi connectivity index (χ4v) is 2.93. The van der Waals surface area contributed by atoms with Gasteiger partial charge in [-0.2, -0.15) is 5.10 Å². The van der Waals surface area contributed by atoms with Crippen LogP contribution in [-0.2, 0) is 4.74 Å². The Morgan fingerprint density at radius 1 is 1.32 bits per heavy atom. The number of hydrogen-bond donors (Lipinski definition) is 2. The minimum atomic E-state index is -0.420. The van der Waals surface area contributed by atoms with Crippen LogP contribution in [0.2, 0.25) is 0 Å². The van der Waals surface area contributed by atoms with Gasteiger partial charge in [0.05, 0.1) is 24.2 Å². The number of ether oxygens (including phenoxy) is 1. The van der Waals surface area contributed by atoms with Gasteiger partial charge in [-0.15, -0.1) is 0 Å². The molecule has 1 aliphatic rings. The fourth-order valence-electron chi connectivity index (χ4n) is 2.93. The topological polar surface area (TPSA) is 90.4 Å². The van der Waals surface area contributed by atoms with E-state index in [-0.39, 0.29) is 0 Å². The van der Waals surface area contributed by atoms with Crippen molar-refractivity contribution in [1.29, 1.82) is 0 Å². The predicted molar refractivity (Wildman–Crippen MR) is 85.7 cm³/mol. The number of nitrogens with two attached hydrogens (primary N) is 1. The summed E-state index contributed by atoms with van der Waals surface area (Å²) in [5, 5.41) is 12.6. The van der Waals surface area contributed by atoms with Crippen molar-refractivity contribution in [2.24, 2.45) is 0 Å². The van der Waals surface area contributed by atoms with Gasteiger partial charge in [-0.05, 0) is 25.0 Å². The maximum Gasteiger partial charge on any atom is 0.340 e. The molecule has 0 unspecified atom stereocenters. The SMILES string of the molecule is CO.COC(=O)c1cc2nn(C3CCCCC3)cc2cc1N. The van der Waals surface area contributed by atoms with Crippen LogP contribution in [0.3, 0.4) is 0 Å². The molecule has 0 atom stereocenters. The van der Waals surface area contributed by atoms with E-state index in [2.05, 4.69) is 5.10 Å². The molecule has 1 aromatic heterocycles. The summed E-state index contributed by atoms with van der Waals surface area (Å²) in [5.74, 6) is -0.420. The van der Waals surface area contributed by atoms with Gasteiger partial charge in [0.1, 0.15) is 0 Å². The first-order chi connectivity index (χ1) is 10.7. The molecule has 0 aliphatic heterocycles. The molecular formula is C16H23N3O3. The van der Waals surface area contributed by atoms with Crippen LogP contribution >= 0.6 is 0 Å². The second-order valence-electron chi connectivity index (χ2n) is 5.39.